The third-order valence-corrected chi connectivity index (χ3v) is 3.36. The van der Waals surface area contributed by atoms with Crippen LogP contribution < -0.4 is 5.32 Å². The van der Waals surface area contributed by atoms with Crippen molar-refractivity contribution in [3.8, 4) is 0 Å². The van der Waals surface area contributed by atoms with Crippen LogP contribution in [0.1, 0.15) is 12.8 Å². The molecule has 74 valence electrons. The van der Waals surface area contributed by atoms with E-state index in [2.05, 4.69) is 10.2 Å². The molecule has 1 aliphatic carbocycles. The molecule has 1 aliphatic heterocycles. The van der Waals surface area contributed by atoms with E-state index in [1.165, 1.54) is 0 Å². The van der Waals surface area contributed by atoms with Crippen molar-refractivity contribution in [2.24, 2.45) is 11.8 Å². The van der Waals surface area contributed by atoms with E-state index >= 15 is 0 Å². The summed E-state index contributed by atoms with van der Waals surface area (Å²) in [6.07, 6.45) is 0.974. The molecule has 5 heteroatoms. The number of nitrogens with zero attached hydrogens (tertiary/aromatic N) is 1. The van der Waals surface area contributed by atoms with Gasteiger partial charge in [0.1, 0.15) is 0 Å². The van der Waals surface area contributed by atoms with E-state index in [-0.39, 0.29) is 29.2 Å². The van der Waals surface area contributed by atoms with Crippen LogP contribution in [0, 0.1) is 18.4 Å². The minimum Gasteiger partial charge on any atom is -0.314 e. The van der Waals surface area contributed by atoms with Crippen LogP contribution in [0.25, 0.3) is 4.85 Å². The largest absolute Gasteiger partial charge is 0.314 e. The highest BCUT2D eigenvalue weighted by Gasteiger charge is 2.51. The number of carbonyl (C=O) groups is 2. The number of fused-ring (bicyclic) bond motifs is 1. The predicted molar refractivity (Wildman–Crippen MR) is 49.4 cm³/mol. The van der Waals surface area contributed by atoms with E-state index in [0.717, 1.165) is 0 Å². The molecule has 4 atom stereocenters. The summed E-state index contributed by atoms with van der Waals surface area (Å²) in [6, 6.07) is -0.213. The fourth-order valence-corrected chi connectivity index (χ4v) is 2.71. The van der Waals surface area contributed by atoms with Gasteiger partial charge in [-0.2, -0.15) is 0 Å². The zero-order chi connectivity index (χ0) is 10.3. The average molecular weight is 213 g/mol. The van der Waals surface area contributed by atoms with Crippen LogP contribution in [-0.2, 0) is 9.59 Å². The number of halogens is 1. The van der Waals surface area contributed by atoms with Crippen LogP contribution in [0.3, 0.4) is 0 Å². The van der Waals surface area contributed by atoms with Crippen LogP contribution >= 0.6 is 11.6 Å². The molecule has 0 bridgehead atoms. The van der Waals surface area contributed by atoms with Gasteiger partial charge < -0.3 is 4.85 Å². The van der Waals surface area contributed by atoms with Crippen molar-refractivity contribution >= 4 is 23.4 Å². The number of imide groups is 1. The first-order valence-electron chi connectivity index (χ1n) is 4.49. The molecule has 0 spiro atoms. The summed E-state index contributed by atoms with van der Waals surface area (Å²) in [5.74, 6) is -1.33. The molecule has 1 N–H and O–H groups in total. The minimum absolute atomic E-state index is 0.213. The van der Waals surface area contributed by atoms with E-state index in [0.29, 0.717) is 12.8 Å². The second kappa shape index (κ2) is 3.25. The zero-order valence-electron chi connectivity index (χ0n) is 7.37. The molecule has 2 amide bonds. The van der Waals surface area contributed by atoms with Crippen molar-refractivity contribution in [3.05, 3.63) is 11.4 Å². The lowest BCUT2D eigenvalue weighted by Crippen LogP contribution is -2.36. The highest BCUT2D eigenvalue weighted by atomic mass is 35.5. The summed E-state index contributed by atoms with van der Waals surface area (Å²) >= 11 is 5.99. The maximum Gasteiger partial charge on any atom is 0.231 e. The molecule has 4 unspecified atom stereocenters. The van der Waals surface area contributed by atoms with E-state index in [1.807, 2.05) is 0 Å². The van der Waals surface area contributed by atoms with Gasteiger partial charge in [0, 0.05) is 12.8 Å². The number of carbonyl (C=O) groups excluding carboxylic acids is 2. The number of hydrogen-bond acceptors (Lipinski definition) is 2. The highest BCUT2D eigenvalue weighted by Crippen LogP contribution is 2.38. The smallest absolute Gasteiger partial charge is 0.231 e. The first kappa shape index (κ1) is 9.47. The van der Waals surface area contributed by atoms with Crippen molar-refractivity contribution in [1.29, 1.82) is 0 Å². The quantitative estimate of drug-likeness (QED) is 0.363. The number of nitrogens with one attached hydrogen (secondary N) is 1. The Labute approximate surface area is 86.4 Å². The number of alkyl halides is 1. The fraction of sp³-hybridized carbons (Fsp3) is 0.667. The van der Waals surface area contributed by atoms with Crippen molar-refractivity contribution < 1.29 is 9.59 Å². The summed E-state index contributed by atoms with van der Waals surface area (Å²) in [4.78, 5) is 26.1. The second-order valence-corrected chi connectivity index (χ2v) is 4.32. The van der Waals surface area contributed by atoms with Crippen LogP contribution in [0.15, 0.2) is 0 Å². The first-order chi connectivity index (χ1) is 6.63. The van der Waals surface area contributed by atoms with Crippen LogP contribution in [-0.4, -0.2) is 23.2 Å². The van der Waals surface area contributed by atoms with Gasteiger partial charge in [0.05, 0.1) is 17.2 Å². The normalized spacial score (nSPS) is 41.4. The maximum absolute atomic E-state index is 11.3. The Kier molecular flexibility index (Phi) is 2.20. The first-order valence-corrected chi connectivity index (χ1v) is 4.92. The molecule has 2 fully saturated rings. The van der Waals surface area contributed by atoms with E-state index < -0.39 is 5.92 Å². The lowest BCUT2D eigenvalue weighted by molar-refractivity contribution is -0.126. The Hall–Kier alpha value is -1.08. The Morgan fingerprint density at radius 3 is 2.71 bits per heavy atom. The average Bonchev–Trinajstić information content (AvgIpc) is 2.42. The number of rotatable bonds is 0. The zero-order valence-corrected chi connectivity index (χ0v) is 8.12. The monoisotopic (exact) mass is 212 g/mol. The van der Waals surface area contributed by atoms with Crippen LogP contribution in [0.5, 0.6) is 0 Å². The lowest BCUT2D eigenvalue weighted by Gasteiger charge is -2.26. The number of hydrogen-bond donors (Lipinski definition) is 1. The van der Waals surface area contributed by atoms with Gasteiger partial charge in [0.2, 0.25) is 17.9 Å². The van der Waals surface area contributed by atoms with Gasteiger partial charge in [-0.15, -0.1) is 11.6 Å². The second-order valence-electron chi connectivity index (χ2n) is 3.76. The molecule has 14 heavy (non-hydrogen) atoms. The number of amides is 2. The van der Waals surface area contributed by atoms with Gasteiger partial charge in [-0.3, -0.25) is 14.9 Å². The topological polar surface area (TPSA) is 50.5 Å². The highest BCUT2D eigenvalue weighted by molar-refractivity contribution is 6.24. The van der Waals surface area contributed by atoms with E-state index in [9.17, 15) is 9.59 Å². The lowest BCUT2D eigenvalue weighted by atomic mass is 9.78. The molecule has 0 aromatic heterocycles. The van der Waals surface area contributed by atoms with Crippen molar-refractivity contribution in [3.63, 3.8) is 0 Å². The Morgan fingerprint density at radius 2 is 2.07 bits per heavy atom. The van der Waals surface area contributed by atoms with Crippen molar-refractivity contribution in [2.45, 2.75) is 24.3 Å². The molecule has 2 rings (SSSR count). The molecule has 1 saturated heterocycles. The molecule has 0 aromatic carbocycles. The van der Waals surface area contributed by atoms with Gasteiger partial charge in [0.25, 0.3) is 0 Å². The molecule has 4 nitrogen and oxygen atoms in total. The van der Waals surface area contributed by atoms with E-state index in [4.69, 9.17) is 18.2 Å². The Bertz CT molecular complexity index is 336. The SMILES string of the molecule is [C-]#[N+]C1CC(Cl)C2C(=O)NC(=O)C2C1. The molecule has 0 aromatic rings. The Morgan fingerprint density at radius 1 is 1.36 bits per heavy atom. The molecule has 0 radical (unpaired) electrons. The fourth-order valence-electron chi connectivity index (χ4n) is 2.21. The molecular weight excluding hydrogens is 204 g/mol. The van der Waals surface area contributed by atoms with Crippen molar-refractivity contribution in [2.75, 3.05) is 0 Å². The van der Waals surface area contributed by atoms with Gasteiger partial charge in [-0.25, -0.2) is 6.57 Å². The van der Waals surface area contributed by atoms with Gasteiger partial charge in [-0.05, 0) is 0 Å². The van der Waals surface area contributed by atoms with Gasteiger partial charge >= 0.3 is 0 Å². The van der Waals surface area contributed by atoms with E-state index in [1.54, 1.807) is 0 Å². The standard InChI is InChI=1S/C9H9ClN2O2/c1-11-4-2-5-7(6(10)3-4)9(14)12-8(5)13/h4-7H,2-3H2,(H,12,13,14). The third kappa shape index (κ3) is 1.28. The summed E-state index contributed by atoms with van der Waals surface area (Å²) in [5.41, 5.74) is 0. The summed E-state index contributed by atoms with van der Waals surface area (Å²) in [6.45, 7) is 6.90. The van der Waals surface area contributed by atoms with Gasteiger partial charge in [0.15, 0.2) is 0 Å². The molecule has 1 saturated carbocycles. The predicted octanol–water partition coefficient (Wildman–Crippen LogP) is 0.564. The van der Waals surface area contributed by atoms with Gasteiger partial charge in [-0.1, -0.05) is 0 Å². The maximum atomic E-state index is 11.3. The summed E-state index contributed by atoms with van der Waals surface area (Å²) in [7, 11) is 0. The Balaban J connectivity index is 2.24. The van der Waals surface area contributed by atoms with Crippen molar-refractivity contribution in [1.82, 2.24) is 5.32 Å². The molecular formula is C9H9ClN2O2. The summed E-state index contributed by atoms with van der Waals surface area (Å²) < 4.78 is 0. The molecule has 2 aliphatic rings. The van der Waals surface area contributed by atoms with Crippen LogP contribution in [0.2, 0.25) is 0 Å². The minimum atomic E-state index is -0.415. The van der Waals surface area contributed by atoms with Crippen LogP contribution in [0.4, 0.5) is 0 Å². The third-order valence-electron chi connectivity index (χ3n) is 2.91. The molecule has 1 heterocycles. The summed E-state index contributed by atoms with van der Waals surface area (Å²) in [5, 5.41) is 1.89.